The van der Waals surface area contributed by atoms with E-state index in [-0.39, 0.29) is 24.4 Å². The molecule has 0 saturated heterocycles. The van der Waals surface area contributed by atoms with E-state index in [1.807, 2.05) is 50.4 Å². The van der Waals surface area contributed by atoms with E-state index < -0.39 is 0 Å². The van der Waals surface area contributed by atoms with Crippen LogP contribution in [0.5, 0.6) is 0 Å². The number of rotatable bonds is 7. The van der Waals surface area contributed by atoms with Gasteiger partial charge in [0.25, 0.3) is 0 Å². The smallest absolute Gasteiger partial charge is 0.220 e. The van der Waals surface area contributed by atoms with Crippen LogP contribution in [0.3, 0.4) is 0 Å². The number of nitrogens with one attached hydrogen (secondary N) is 2. The van der Waals surface area contributed by atoms with Crippen LogP contribution in [-0.2, 0) is 11.2 Å². The molecule has 2 N–H and O–H groups in total. The molecule has 6 heteroatoms. The topological polar surface area (TPSA) is 58.9 Å². The van der Waals surface area contributed by atoms with Gasteiger partial charge in [-0.15, -0.1) is 12.4 Å². The second-order valence-electron chi connectivity index (χ2n) is 6.18. The van der Waals surface area contributed by atoms with Crippen LogP contribution >= 0.6 is 12.4 Å². The number of aromatic nitrogens is 2. The lowest BCUT2D eigenvalue weighted by Crippen LogP contribution is -2.37. The molecule has 1 unspecified atom stereocenters. The van der Waals surface area contributed by atoms with Gasteiger partial charge < -0.3 is 10.6 Å². The number of carbonyl (C=O) groups is 1. The Kier molecular flexibility index (Phi) is 7.18. The molecular formula is C20H25ClN4O. The molecule has 0 aliphatic heterocycles. The van der Waals surface area contributed by atoms with Gasteiger partial charge in [0.1, 0.15) is 5.82 Å². The second-order valence-corrected chi connectivity index (χ2v) is 6.18. The van der Waals surface area contributed by atoms with E-state index in [0.717, 1.165) is 22.5 Å². The molecule has 0 spiro atoms. The van der Waals surface area contributed by atoms with Crippen LogP contribution < -0.4 is 10.6 Å². The molecule has 5 nitrogen and oxygen atoms in total. The maximum atomic E-state index is 12.1. The van der Waals surface area contributed by atoms with Crippen LogP contribution in [0.2, 0.25) is 0 Å². The normalized spacial score (nSPS) is 11.8. The minimum atomic E-state index is 0. The Bertz CT molecular complexity index is 847. The Hall–Kier alpha value is -2.37. The van der Waals surface area contributed by atoms with E-state index >= 15 is 0 Å². The Morgan fingerprint density at radius 3 is 2.54 bits per heavy atom. The minimum Gasteiger partial charge on any atom is -0.355 e. The largest absolute Gasteiger partial charge is 0.355 e. The zero-order valence-electron chi connectivity index (χ0n) is 15.1. The third-order valence-corrected chi connectivity index (χ3v) is 4.32. The van der Waals surface area contributed by atoms with Crippen molar-refractivity contribution in [1.82, 2.24) is 20.2 Å². The van der Waals surface area contributed by atoms with Crippen molar-refractivity contribution >= 4 is 29.3 Å². The van der Waals surface area contributed by atoms with Gasteiger partial charge in [-0.1, -0.05) is 30.3 Å². The zero-order chi connectivity index (χ0) is 17.6. The number of halogens is 1. The van der Waals surface area contributed by atoms with Gasteiger partial charge in [-0.25, -0.2) is 4.98 Å². The molecule has 1 atom stereocenters. The molecule has 26 heavy (non-hydrogen) atoms. The highest BCUT2D eigenvalue weighted by Gasteiger charge is 2.13. The fourth-order valence-corrected chi connectivity index (χ4v) is 2.79. The number of carbonyl (C=O) groups excluding carboxylic acids is 1. The molecule has 1 aromatic heterocycles. The molecule has 2 aromatic carbocycles. The third-order valence-electron chi connectivity index (χ3n) is 4.32. The van der Waals surface area contributed by atoms with Crippen molar-refractivity contribution in [2.24, 2.45) is 0 Å². The molecule has 138 valence electrons. The van der Waals surface area contributed by atoms with Crippen molar-refractivity contribution in [3.8, 4) is 5.69 Å². The van der Waals surface area contributed by atoms with Crippen LogP contribution in [0.1, 0.15) is 19.2 Å². The summed E-state index contributed by atoms with van der Waals surface area (Å²) in [6, 6.07) is 18.5. The molecule has 0 aliphatic rings. The van der Waals surface area contributed by atoms with Crippen molar-refractivity contribution < 1.29 is 4.79 Å². The van der Waals surface area contributed by atoms with Gasteiger partial charge >= 0.3 is 0 Å². The van der Waals surface area contributed by atoms with Crippen LogP contribution in [-0.4, -0.2) is 35.1 Å². The predicted molar refractivity (Wildman–Crippen MR) is 108 cm³/mol. The van der Waals surface area contributed by atoms with E-state index in [0.29, 0.717) is 19.4 Å². The maximum Gasteiger partial charge on any atom is 0.220 e. The summed E-state index contributed by atoms with van der Waals surface area (Å²) < 4.78 is 2.14. The average molecular weight is 373 g/mol. The molecule has 0 aliphatic carbocycles. The Labute approximate surface area is 160 Å². The summed E-state index contributed by atoms with van der Waals surface area (Å²) in [7, 11) is 1.89. The van der Waals surface area contributed by atoms with E-state index in [9.17, 15) is 4.79 Å². The first-order valence-corrected chi connectivity index (χ1v) is 8.65. The molecule has 1 heterocycles. The summed E-state index contributed by atoms with van der Waals surface area (Å²) >= 11 is 0. The van der Waals surface area contributed by atoms with Gasteiger partial charge in [-0.3, -0.25) is 9.36 Å². The van der Waals surface area contributed by atoms with Gasteiger partial charge in [-0.05, 0) is 38.2 Å². The number of likely N-dealkylation sites (N-methyl/N-ethyl adjacent to an activating group) is 1. The lowest BCUT2D eigenvalue weighted by molar-refractivity contribution is -0.121. The Balaban J connectivity index is 0.00000243. The summed E-state index contributed by atoms with van der Waals surface area (Å²) in [6.07, 6.45) is 1.02. The van der Waals surface area contributed by atoms with E-state index in [4.69, 9.17) is 4.98 Å². The SMILES string of the molecule is CNC(C)CNC(=O)CCc1nc2ccccc2n1-c1ccccc1.Cl. The first kappa shape index (κ1) is 19.9. The van der Waals surface area contributed by atoms with Gasteiger partial charge in [0.05, 0.1) is 11.0 Å². The van der Waals surface area contributed by atoms with Crippen molar-refractivity contribution in [1.29, 1.82) is 0 Å². The summed E-state index contributed by atoms with van der Waals surface area (Å²) in [5.41, 5.74) is 3.08. The fourth-order valence-electron chi connectivity index (χ4n) is 2.79. The van der Waals surface area contributed by atoms with Gasteiger partial charge in [-0.2, -0.15) is 0 Å². The number of hydrogen-bond acceptors (Lipinski definition) is 3. The number of amides is 1. The lowest BCUT2D eigenvalue weighted by atomic mass is 10.2. The Morgan fingerprint density at radius 1 is 1.12 bits per heavy atom. The quantitative estimate of drug-likeness (QED) is 0.670. The highest BCUT2D eigenvalue weighted by Crippen LogP contribution is 2.22. The van der Waals surface area contributed by atoms with Crippen LogP contribution in [0, 0.1) is 0 Å². The van der Waals surface area contributed by atoms with Gasteiger partial charge in [0.15, 0.2) is 0 Å². The highest BCUT2D eigenvalue weighted by atomic mass is 35.5. The molecule has 1 amide bonds. The highest BCUT2D eigenvalue weighted by molar-refractivity contribution is 5.85. The molecule has 0 bridgehead atoms. The third kappa shape index (κ3) is 4.62. The molecule has 0 fully saturated rings. The van der Waals surface area contributed by atoms with Crippen molar-refractivity contribution in [2.45, 2.75) is 25.8 Å². The number of imidazole rings is 1. The van der Waals surface area contributed by atoms with E-state index in [2.05, 4.69) is 33.4 Å². The fraction of sp³-hybridized carbons (Fsp3) is 0.300. The van der Waals surface area contributed by atoms with Crippen molar-refractivity contribution in [3.05, 3.63) is 60.4 Å². The summed E-state index contributed by atoms with van der Waals surface area (Å²) in [4.78, 5) is 16.9. The van der Waals surface area contributed by atoms with E-state index in [1.165, 1.54) is 0 Å². The van der Waals surface area contributed by atoms with Gasteiger partial charge in [0.2, 0.25) is 5.91 Å². The molecule has 0 radical (unpaired) electrons. The predicted octanol–water partition coefficient (Wildman–Crippen LogP) is 3.10. The first-order valence-electron chi connectivity index (χ1n) is 8.65. The number of aryl methyl sites for hydroxylation is 1. The maximum absolute atomic E-state index is 12.1. The first-order chi connectivity index (χ1) is 12.2. The summed E-state index contributed by atoms with van der Waals surface area (Å²) in [5, 5.41) is 6.07. The monoisotopic (exact) mass is 372 g/mol. The van der Waals surface area contributed by atoms with Gasteiger partial charge in [0, 0.05) is 31.1 Å². The molecule has 3 aromatic rings. The summed E-state index contributed by atoms with van der Waals surface area (Å²) in [5.74, 6) is 0.956. The van der Waals surface area contributed by atoms with E-state index in [1.54, 1.807) is 0 Å². The molecule has 0 saturated carbocycles. The van der Waals surface area contributed by atoms with Crippen molar-refractivity contribution in [3.63, 3.8) is 0 Å². The van der Waals surface area contributed by atoms with Crippen molar-refractivity contribution in [2.75, 3.05) is 13.6 Å². The number of nitrogens with zero attached hydrogens (tertiary/aromatic N) is 2. The van der Waals surface area contributed by atoms with Crippen LogP contribution in [0.25, 0.3) is 16.7 Å². The number of benzene rings is 2. The lowest BCUT2D eigenvalue weighted by Gasteiger charge is -2.12. The number of para-hydroxylation sites is 3. The standard InChI is InChI=1S/C20H24N4O.ClH/c1-15(21-2)14-22-20(25)13-12-19-23-17-10-6-7-11-18(17)24(19)16-8-4-3-5-9-16;/h3-11,15,21H,12-14H2,1-2H3,(H,22,25);1H. The Morgan fingerprint density at radius 2 is 1.81 bits per heavy atom. The number of hydrogen-bond donors (Lipinski definition) is 2. The minimum absolute atomic E-state index is 0. The molecular weight excluding hydrogens is 348 g/mol. The second kappa shape index (κ2) is 9.36. The zero-order valence-corrected chi connectivity index (χ0v) is 15.9. The van der Waals surface area contributed by atoms with Crippen LogP contribution in [0.15, 0.2) is 54.6 Å². The number of fused-ring (bicyclic) bond motifs is 1. The average Bonchev–Trinajstić information content (AvgIpc) is 3.03. The van der Waals surface area contributed by atoms with Crippen LogP contribution in [0.4, 0.5) is 0 Å². The molecule has 3 rings (SSSR count). The summed E-state index contributed by atoms with van der Waals surface area (Å²) in [6.45, 7) is 2.67.